The molecule has 0 aliphatic rings. The Morgan fingerprint density at radius 1 is 1.06 bits per heavy atom. The van der Waals surface area contributed by atoms with Crippen molar-refractivity contribution in [2.24, 2.45) is 0 Å². The second-order valence-electron chi connectivity index (χ2n) is 7.38. The van der Waals surface area contributed by atoms with Gasteiger partial charge in [-0.25, -0.2) is 13.2 Å². The number of nitrogens with zero attached hydrogens (tertiary/aromatic N) is 2. The summed E-state index contributed by atoms with van der Waals surface area (Å²) in [5, 5.41) is 0.476. The van der Waals surface area contributed by atoms with Gasteiger partial charge in [0, 0.05) is 18.4 Å². The van der Waals surface area contributed by atoms with E-state index in [0.29, 0.717) is 52.9 Å². The molecular weight excluding hydrogens is 456 g/mol. The van der Waals surface area contributed by atoms with Crippen molar-refractivity contribution in [3.63, 3.8) is 0 Å². The topological polar surface area (TPSA) is 88.8 Å². The third kappa shape index (κ3) is 5.11. The minimum atomic E-state index is -3.45. The quantitative estimate of drug-likeness (QED) is 0.441. The van der Waals surface area contributed by atoms with Gasteiger partial charge in [0.15, 0.2) is 11.5 Å². The maximum Gasteiger partial charge on any atom is 0.329 e. The summed E-state index contributed by atoms with van der Waals surface area (Å²) in [7, 11) is -0.371. The van der Waals surface area contributed by atoms with E-state index in [1.807, 2.05) is 6.92 Å². The molecule has 0 unspecified atom stereocenters. The van der Waals surface area contributed by atoms with Gasteiger partial charge in [0.2, 0.25) is 0 Å². The first-order valence-electron chi connectivity index (χ1n) is 10.1. The zero-order valence-electron chi connectivity index (χ0n) is 18.5. The van der Waals surface area contributed by atoms with E-state index in [9.17, 15) is 13.2 Å². The Morgan fingerprint density at radius 3 is 2.44 bits per heavy atom. The van der Waals surface area contributed by atoms with Gasteiger partial charge >= 0.3 is 5.69 Å². The van der Waals surface area contributed by atoms with Crippen LogP contribution in [0.25, 0.3) is 11.0 Å². The molecule has 32 heavy (non-hydrogen) atoms. The number of halogens is 1. The highest BCUT2D eigenvalue weighted by Crippen LogP contribution is 2.33. The first-order valence-corrected chi connectivity index (χ1v) is 12.5. The Hall–Kier alpha value is -2.49. The first-order chi connectivity index (χ1) is 15.2. The number of benzene rings is 2. The van der Waals surface area contributed by atoms with Crippen molar-refractivity contribution in [3.05, 3.63) is 57.5 Å². The van der Waals surface area contributed by atoms with Gasteiger partial charge in [0.05, 0.1) is 49.7 Å². The Bertz CT molecular complexity index is 1270. The fourth-order valence-corrected chi connectivity index (χ4v) is 4.81. The molecule has 0 fully saturated rings. The zero-order chi connectivity index (χ0) is 23.5. The average Bonchev–Trinajstić information content (AvgIpc) is 3.00. The number of aromatic nitrogens is 2. The van der Waals surface area contributed by atoms with Crippen molar-refractivity contribution >= 4 is 32.5 Å². The molecule has 0 saturated carbocycles. The molecule has 1 aromatic heterocycles. The molecule has 10 heteroatoms. The molecule has 0 N–H and O–H groups in total. The number of sulfone groups is 1. The summed E-state index contributed by atoms with van der Waals surface area (Å²) >= 11 is 6.20. The highest BCUT2D eigenvalue weighted by Gasteiger charge is 2.26. The van der Waals surface area contributed by atoms with Crippen LogP contribution in [0.3, 0.4) is 0 Å². The molecule has 0 radical (unpaired) electrons. The summed E-state index contributed by atoms with van der Waals surface area (Å²) < 4.78 is 44.0. The normalized spacial score (nSPS) is 12.8. The number of fused-ring (bicyclic) bond motifs is 1. The van der Waals surface area contributed by atoms with Crippen LogP contribution in [0, 0.1) is 0 Å². The van der Waals surface area contributed by atoms with Crippen LogP contribution < -0.4 is 15.2 Å². The van der Waals surface area contributed by atoms with Crippen molar-refractivity contribution in [1.82, 2.24) is 9.13 Å². The van der Waals surface area contributed by atoms with Crippen LogP contribution >= 0.6 is 11.6 Å². The maximum atomic E-state index is 13.5. The molecule has 3 aromatic rings. The standard InChI is InChI=1S/C22H27ClN2O6S/c1-5-31-21-12-15(6-9-20(21)30-3)19(14-32(4,27)28)25-17-8-7-16(23)13-18(17)24(22(25)26)10-11-29-2/h6-9,12-13,19H,5,10-11,14H2,1-4H3/t19-/m0/s1. The zero-order valence-corrected chi connectivity index (χ0v) is 20.1. The van der Waals surface area contributed by atoms with Crippen LogP contribution in [0.5, 0.6) is 11.5 Å². The number of hydrogen-bond donors (Lipinski definition) is 0. The predicted molar refractivity (Wildman–Crippen MR) is 125 cm³/mol. The number of hydrogen-bond acceptors (Lipinski definition) is 6. The molecule has 2 aromatic carbocycles. The van der Waals surface area contributed by atoms with Gasteiger partial charge in [-0.3, -0.25) is 9.13 Å². The van der Waals surface area contributed by atoms with Gasteiger partial charge in [0.25, 0.3) is 0 Å². The van der Waals surface area contributed by atoms with Gasteiger partial charge in [0.1, 0.15) is 9.84 Å². The van der Waals surface area contributed by atoms with Crippen molar-refractivity contribution in [3.8, 4) is 11.5 Å². The summed E-state index contributed by atoms with van der Waals surface area (Å²) in [6.45, 7) is 2.87. The minimum absolute atomic E-state index is 0.267. The van der Waals surface area contributed by atoms with Crippen molar-refractivity contribution in [2.75, 3.05) is 39.4 Å². The van der Waals surface area contributed by atoms with Gasteiger partial charge < -0.3 is 14.2 Å². The lowest BCUT2D eigenvalue weighted by atomic mass is 10.1. The fraction of sp³-hybridized carbons (Fsp3) is 0.409. The lowest BCUT2D eigenvalue weighted by molar-refractivity contribution is 0.187. The second-order valence-corrected chi connectivity index (χ2v) is 10.0. The SMILES string of the molecule is CCOc1cc([C@H](CS(C)(=O)=O)n2c(=O)n(CCOC)c3cc(Cl)ccc32)ccc1OC. The van der Waals surface area contributed by atoms with Crippen LogP contribution in [-0.4, -0.2) is 57.0 Å². The predicted octanol–water partition coefficient (Wildman–Crippen LogP) is 3.14. The summed E-state index contributed by atoms with van der Waals surface area (Å²) in [5.74, 6) is 0.733. The minimum Gasteiger partial charge on any atom is -0.493 e. The van der Waals surface area contributed by atoms with E-state index >= 15 is 0 Å². The molecule has 0 aliphatic carbocycles. The fourth-order valence-electron chi connectivity index (χ4n) is 3.73. The van der Waals surface area contributed by atoms with Gasteiger partial charge in [-0.1, -0.05) is 17.7 Å². The Morgan fingerprint density at radius 2 is 1.81 bits per heavy atom. The monoisotopic (exact) mass is 482 g/mol. The van der Waals surface area contributed by atoms with Crippen molar-refractivity contribution in [1.29, 1.82) is 0 Å². The van der Waals surface area contributed by atoms with Crippen molar-refractivity contribution in [2.45, 2.75) is 19.5 Å². The molecule has 3 rings (SSSR count). The molecule has 0 spiro atoms. The lowest BCUT2D eigenvalue weighted by Crippen LogP contribution is -2.32. The summed E-state index contributed by atoms with van der Waals surface area (Å²) in [6, 6.07) is 9.50. The average molecular weight is 483 g/mol. The van der Waals surface area contributed by atoms with E-state index in [1.54, 1.807) is 48.1 Å². The van der Waals surface area contributed by atoms with E-state index in [4.69, 9.17) is 25.8 Å². The highest BCUT2D eigenvalue weighted by atomic mass is 35.5. The van der Waals surface area contributed by atoms with Gasteiger partial charge in [-0.05, 0) is 42.8 Å². The molecule has 0 saturated heterocycles. The van der Waals surface area contributed by atoms with Crippen LogP contribution in [0.1, 0.15) is 18.5 Å². The van der Waals surface area contributed by atoms with E-state index in [0.717, 1.165) is 6.26 Å². The van der Waals surface area contributed by atoms with Crippen LogP contribution in [-0.2, 0) is 21.1 Å². The molecule has 8 nitrogen and oxygen atoms in total. The molecule has 1 atom stereocenters. The van der Waals surface area contributed by atoms with Crippen LogP contribution in [0.2, 0.25) is 5.02 Å². The number of ether oxygens (including phenoxy) is 3. The Labute approximate surface area is 192 Å². The van der Waals surface area contributed by atoms with E-state index < -0.39 is 15.9 Å². The van der Waals surface area contributed by atoms with E-state index in [1.165, 1.54) is 11.7 Å². The molecule has 0 bridgehead atoms. The third-order valence-corrected chi connectivity index (χ3v) is 6.24. The van der Waals surface area contributed by atoms with Crippen LogP contribution in [0.4, 0.5) is 0 Å². The third-order valence-electron chi connectivity index (χ3n) is 5.09. The Kier molecular flexibility index (Phi) is 7.53. The summed E-state index contributed by atoms with van der Waals surface area (Å²) in [4.78, 5) is 13.5. The Balaban J connectivity index is 2.29. The molecule has 174 valence electrons. The van der Waals surface area contributed by atoms with Gasteiger partial charge in [-0.2, -0.15) is 0 Å². The number of methoxy groups -OCH3 is 2. The highest BCUT2D eigenvalue weighted by molar-refractivity contribution is 7.90. The van der Waals surface area contributed by atoms with Crippen molar-refractivity contribution < 1.29 is 22.6 Å². The number of rotatable bonds is 10. The molecule has 0 aliphatic heterocycles. The summed E-state index contributed by atoms with van der Waals surface area (Å²) in [5.41, 5.74) is 1.46. The maximum absolute atomic E-state index is 13.5. The van der Waals surface area contributed by atoms with E-state index in [-0.39, 0.29) is 11.4 Å². The van der Waals surface area contributed by atoms with Crippen LogP contribution in [0.15, 0.2) is 41.2 Å². The largest absolute Gasteiger partial charge is 0.493 e. The smallest absolute Gasteiger partial charge is 0.329 e. The first kappa shape index (κ1) is 24.2. The molecular formula is C22H27ClN2O6S. The second kappa shape index (κ2) is 9.97. The summed E-state index contributed by atoms with van der Waals surface area (Å²) in [6.07, 6.45) is 1.15. The lowest BCUT2D eigenvalue weighted by Gasteiger charge is -2.20. The number of imidazole rings is 1. The van der Waals surface area contributed by atoms with Gasteiger partial charge in [-0.15, -0.1) is 0 Å². The molecule has 1 heterocycles. The van der Waals surface area contributed by atoms with E-state index in [2.05, 4.69) is 0 Å². The molecule has 0 amide bonds.